The van der Waals surface area contributed by atoms with Crippen molar-refractivity contribution in [1.82, 2.24) is 14.8 Å². The Morgan fingerprint density at radius 2 is 2.00 bits per heavy atom. The molecule has 0 saturated heterocycles. The van der Waals surface area contributed by atoms with Crippen LogP contribution >= 0.6 is 34.9 Å². The highest BCUT2D eigenvalue weighted by Gasteiger charge is 2.17. The van der Waals surface area contributed by atoms with Crippen molar-refractivity contribution < 1.29 is 4.79 Å². The van der Waals surface area contributed by atoms with Crippen molar-refractivity contribution in [1.29, 1.82) is 0 Å². The minimum absolute atomic E-state index is 0.0328. The van der Waals surface area contributed by atoms with E-state index in [1.54, 1.807) is 11.3 Å². The number of nitrogens with one attached hydrogen (secondary N) is 1. The van der Waals surface area contributed by atoms with Crippen LogP contribution in [0.1, 0.15) is 32.6 Å². The molecule has 1 aromatic carbocycles. The number of nitrogens with zero attached hydrogens (tertiary/aromatic N) is 3. The lowest BCUT2D eigenvalue weighted by Gasteiger charge is -2.10. The molecule has 1 aliphatic carbocycles. The van der Waals surface area contributed by atoms with Gasteiger partial charge in [0.25, 0.3) is 0 Å². The molecular formula is C21H24N4OS3. The zero-order valence-electron chi connectivity index (χ0n) is 16.3. The van der Waals surface area contributed by atoms with Crippen LogP contribution in [0.15, 0.2) is 51.8 Å². The lowest BCUT2D eigenvalue weighted by atomic mass is 10.3. The van der Waals surface area contributed by atoms with Crippen molar-refractivity contribution in [2.24, 2.45) is 0 Å². The van der Waals surface area contributed by atoms with E-state index < -0.39 is 0 Å². The van der Waals surface area contributed by atoms with Gasteiger partial charge in [-0.3, -0.25) is 4.79 Å². The molecule has 0 atom stereocenters. The third kappa shape index (κ3) is 5.24. The number of rotatable bonds is 8. The first-order valence-electron chi connectivity index (χ1n) is 9.89. The fourth-order valence-electron chi connectivity index (χ4n) is 3.41. The third-order valence-corrected chi connectivity index (χ3v) is 8.03. The maximum atomic E-state index is 12.4. The van der Waals surface area contributed by atoms with E-state index in [9.17, 15) is 4.79 Å². The average molecular weight is 445 g/mol. The normalized spacial score (nSPS) is 14.4. The van der Waals surface area contributed by atoms with Gasteiger partial charge >= 0.3 is 0 Å². The van der Waals surface area contributed by atoms with Gasteiger partial charge < -0.3 is 9.88 Å². The Hall–Kier alpha value is -1.77. The number of hydrogen-bond donors (Lipinski definition) is 1. The van der Waals surface area contributed by atoms with E-state index in [4.69, 9.17) is 0 Å². The molecule has 2 heterocycles. The van der Waals surface area contributed by atoms with Crippen molar-refractivity contribution >= 4 is 46.5 Å². The standard InChI is InChI=1S/C21H24N4OS3/c1-2-25-20(18-8-5-13-27-18)23-24-21(25)28-14-19(26)22-15-9-11-17(12-10-15)29-16-6-3-4-7-16/h5,8-13,16H,2-4,6-7,14H2,1H3,(H,22,26). The molecule has 1 fully saturated rings. The quantitative estimate of drug-likeness (QED) is 0.446. The summed E-state index contributed by atoms with van der Waals surface area (Å²) in [7, 11) is 0. The average Bonchev–Trinajstić information content (AvgIpc) is 3.49. The van der Waals surface area contributed by atoms with Gasteiger partial charge in [-0.2, -0.15) is 0 Å². The molecule has 0 unspecified atom stereocenters. The first-order valence-corrected chi connectivity index (χ1v) is 12.6. The van der Waals surface area contributed by atoms with Gasteiger partial charge in [0, 0.05) is 22.4 Å². The van der Waals surface area contributed by atoms with E-state index in [-0.39, 0.29) is 5.91 Å². The van der Waals surface area contributed by atoms with Crippen LogP contribution in [0, 0.1) is 0 Å². The molecule has 3 aromatic rings. The van der Waals surface area contributed by atoms with Crippen LogP contribution in [0.5, 0.6) is 0 Å². The Kier molecular flexibility index (Phi) is 6.94. The van der Waals surface area contributed by atoms with Crippen molar-refractivity contribution in [3.05, 3.63) is 41.8 Å². The van der Waals surface area contributed by atoms with Crippen LogP contribution < -0.4 is 5.32 Å². The summed E-state index contributed by atoms with van der Waals surface area (Å²) in [6, 6.07) is 12.2. The molecule has 0 spiro atoms. The second-order valence-electron chi connectivity index (χ2n) is 6.91. The van der Waals surface area contributed by atoms with Crippen LogP contribution in [0.3, 0.4) is 0 Å². The number of benzene rings is 1. The molecule has 0 aliphatic heterocycles. The van der Waals surface area contributed by atoms with E-state index in [2.05, 4.69) is 39.1 Å². The number of carbonyl (C=O) groups is 1. The molecule has 2 aromatic heterocycles. The van der Waals surface area contributed by atoms with Crippen molar-refractivity contribution in [3.63, 3.8) is 0 Å². The highest BCUT2D eigenvalue weighted by molar-refractivity contribution is 8.00. The fraction of sp³-hybridized carbons (Fsp3) is 0.381. The van der Waals surface area contributed by atoms with Gasteiger partial charge in [-0.05, 0) is 55.5 Å². The summed E-state index contributed by atoms with van der Waals surface area (Å²) >= 11 is 5.02. The Morgan fingerprint density at radius 1 is 1.21 bits per heavy atom. The molecule has 1 saturated carbocycles. The maximum Gasteiger partial charge on any atom is 0.234 e. The van der Waals surface area contributed by atoms with Crippen LogP contribution in [0.2, 0.25) is 0 Å². The number of anilines is 1. The molecule has 8 heteroatoms. The predicted molar refractivity (Wildman–Crippen MR) is 123 cm³/mol. The van der Waals surface area contributed by atoms with Crippen LogP contribution in [0.25, 0.3) is 10.7 Å². The predicted octanol–water partition coefficient (Wildman–Crippen LogP) is 5.79. The Labute approximate surface area is 183 Å². The van der Waals surface area contributed by atoms with Crippen molar-refractivity contribution in [3.8, 4) is 10.7 Å². The Morgan fingerprint density at radius 3 is 2.69 bits per heavy atom. The number of carbonyl (C=O) groups excluding carboxylic acids is 1. The number of aromatic nitrogens is 3. The Balaban J connectivity index is 1.31. The molecule has 152 valence electrons. The lowest BCUT2D eigenvalue weighted by Crippen LogP contribution is -2.14. The van der Waals surface area contributed by atoms with Crippen LogP contribution in [-0.2, 0) is 11.3 Å². The summed E-state index contributed by atoms with van der Waals surface area (Å²) in [5.41, 5.74) is 0.836. The molecule has 0 radical (unpaired) electrons. The first-order chi connectivity index (χ1) is 14.2. The number of amides is 1. The second kappa shape index (κ2) is 9.82. The summed E-state index contributed by atoms with van der Waals surface area (Å²) in [6.07, 6.45) is 5.34. The molecule has 29 heavy (non-hydrogen) atoms. The van der Waals surface area contributed by atoms with Crippen molar-refractivity contribution in [2.45, 2.75) is 54.5 Å². The molecule has 1 N–H and O–H groups in total. The van der Waals surface area contributed by atoms with Gasteiger partial charge in [-0.25, -0.2) is 0 Å². The van der Waals surface area contributed by atoms with E-state index in [0.717, 1.165) is 33.3 Å². The third-order valence-electron chi connectivity index (χ3n) is 4.85. The molecule has 1 amide bonds. The maximum absolute atomic E-state index is 12.4. The molecule has 0 bridgehead atoms. The fourth-order valence-corrected chi connectivity index (χ4v) is 6.18. The number of thioether (sulfide) groups is 2. The summed E-state index contributed by atoms with van der Waals surface area (Å²) in [6.45, 7) is 2.83. The molecule has 5 nitrogen and oxygen atoms in total. The Bertz CT molecular complexity index is 932. The highest BCUT2D eigenvalue weighted by Crippen LogP contribution is 2.35. The summed E-state index contributed by atoms with van der Waals surface area (Å²) in [5, 5.41) is 15.1. The van der Waals surface area contributed by atoms with Crippen LogP contribution in [-0.4, -0.2) is 31.7 Å². The van der Waals surface area contributed by atoms with E-state index >= 15 is 0 Å². The van der Waals surface area contributed by atoms with Gasteiger partial charge in [0.15, 0.2) is 11.0 Å². The van der Waals surface area contributed by atoms with Crippen molar-refractivity contribution in [2.75, 3.05) is 11.1 Å². The summed E-state index contributed by atoms with van der Waals surface area (Å²) in [5.74, 6) is 1.14. The second-order valence-corrected chi connectivity index (χ2v) is 10.2. The number of thiophene rings is 1. The SMILES string of the molecule is CCn1c(SCC(=O)Nc2ccc(SC3CCCC3)cc2)nnc1-c1cccs1. The minimum Gasteiger partial charge on any atom is -0.325 e. The summed E-state index contributed by atoms with van der Waals surface area (Å²) in [4.78, 5) is 14.8. The highest BCUT2D eigenvalue weighted by atomic mass is 32.2. The first kappa shape index (κ1) is 20.5. The summed E-state index contributed by atoms with van der Waals surface area (Å²) < 4.78 is 2.05. The smallest absolute Gasteiger partial charge is 0.234 e. The lowest BCUT2D eigenvalue weighted by molar-refractivity contribution is -0.113. The zero-order chi connectivity index (χ0) is 20.1. The van der Waals surface area contributed by atoms with Gasteiger partial charge in [-0.15, -0.1) is 33.3 Å². The minimum atomic E-state index is -0.0328. The number of hydrogen-bond acceptors (Lipinski definition) is 6. The van der Waals surface area contributed by atoms with Crippen LogP contribution in [0.4, 0.5) is 5.69 Å². The van der Waals surface area contributed by atoms with Gasteiger partial charge in [0.2, 0.25) is 5.91 Å². The van der Waals surface area contributed by atoms with E-state index in [0.29, 0.717) is 5.75 Å². The van der Waals surface area contributed by atoms with Gasteiger partial charge in [-0.1, -0.05) is 30.7 Å². The zero-order valence-corrected chi connectivity index (χ0v) is 18.8. The van der Waals surface area contributed by atoms with Gasteiger partial charge in [0.1, 0.15) is 0 Å². The van der Waals surface area contributed by atoms with E-state index in [1.807, 2.05) is 41.4 Å². The molecule has 1 aliphatic rings. The van der Waals surface area contributed by atoms with E-state index in [1.165, 1.54) is 42.3 Å². The molecule has 4 rings (SSSR count). The molecular weight excluding hydrogens is 420 g/mol. The monoisotopic (exact) mass is 444 g/mol. The topological polar surface area (TPSA) is 59.8 Å². The van der Waals surface area contributed by atoms with Gasteiger partial charge in [0.05, 0.1) is 10.6 Å². The largest absolute Gasteiger partial charge is 0.325 e.